The van der Waals surface area contributed by atoms with E-state index in [2.05, 4.69) is 6.92 Å². The number of benzene rings is 1. The average molecular weight is 306 g/mol. The van der Waals surface area contributed by atoms with E-state index < -0.39 is 0 Å². The number of hydrogen-bond donors (Lipinski definition) is 0. The van der Waals surface area contributed by atoms with Gasteiger partial charge in [0.15, 0.2) is 0 Å². The van der Waals surface area contributed by atoms with E-state index in [0.717, 1.165) is 19.3 Å². The zero-order chi connectivity index (χ0) is 15.9. The average Bonchev–Trinajstić information content (AvgIpc) is 2.78. The second-order valence-electron chi connectivity index (χ2n) is 5.64. The van der Waals surface area contributed by atoms with Crippen molar-refractivity contribution in [1.82, 2.24) is 9.80 Å². The molecule has 0 unspecified atom stereocenters. The molecule has 2 amide bonds. The highest BCUT2D eigenvalue weighted by molar-refractivity contribution is 5.94. The predicted molar refractivity (Wildman–Crippen MR) is 83.0 cm³/mol. The summed E-state index contributed by atoms with van der Waals surface area (Å²) >= 11 is 0. The lowest BCUT2D eigenvalue weighted by Gasteiger charge is -2.22. The highest BCUT2D eigenvalue weighted by Gasteiger charge is 2.22. The third kappa shape index (κ3) is 4.29. The third-order valence-corrected chi connectivity index (χ3v) is 3.97. The van der Waals surface area contributed by atoms with Crippen LogP contribution in [0.5, 0.6) is 0 Å². The van der Waals surface area contributed by atoms with Gasteiger partial charge in [0, 0.05) is 38.2 Å². The molecule has 4 nitrogen and oxygen atoms in total. The van der Waals surface area contributed by atoms with Crippen LogP contribution in [0, 0.1) is 5.82 Å². The van der Waals surface area contributed by atoms with Gasteiger partial charge in [-0.25, -0.2) is 4.39 Å². The monoisotopic (exact) mass is 306 g/mol. The van der Waals surface area contributed by atoms with Crippen molar-refractivity contribution in [3.8, 4) is 0 Å². The molecule has 1 aliphatic heterocycles. The molecule has 1 aromatic carbocycles. The van der Waals surface area contributed by atoms with Crippen molar-refractivity contribution in [3.05, 3.63) is 35.6 Å². The summed E-state index contributed by atoms with van der Waals surface area (Å²) in [7, 11) is 0. The smallest absolute Gasteiger partial charge is 0.253 e. The Bertz CT molecular complexity index is 516. The lowest BCUT2D eigenvalue weighted by atomic mass is 10.2. The molecule has 5 heteroatoms. The third-order valence-electron chi connectivity index (χ3n) is 3.97. The van der Waals surface area contributed by atoms with Gasteiger partial charge in [-0.1, -0.05) is 13.3 Å². The zero-order valence-corrected chi connectivity index (χ0v) is 13.1. The second-order valence-corrected chi connectivity index (χ2v) is 5.64. The maximum atomic E-state index is 12.9. The van der Waals surface area contributed by atoms with Crippen LogP contribution in [-0.4, -0.2) is 47.8 Å². The highest BCUT2D eigenvalue weighted by Crippen LogP contribution is 2.11. The summed E-state index contributed by atoms with van der Waals surface area (Å²) < 4.78 is 12.9. The van der Waals surface area contributed by atoms with E-state index in [1.165, 1.54) is 24.3 Å². The molecule has 1 fully saturated rings. The number of unbranched alkanes of at least 4 members (excludes halogenated alkanes) is 1. The van der Waals surface area contributed by atoms with Gasteiger partial charge in [-0.05, 0) is 37.1 Å². The van der Waals surface area contributed by atoms with Crippen LogP contribution in [0.15, 0.2) is 24.3 Å². The summed E-state index contributed by atoms with van der Waals surface area (Å²) in [5, 5.41) is 0. The van der Waals surface area contributed by atoms with Crippen molar-refractivity contribution in [1.29, 1.82) is 0 Å². The molecular formula is C17H23FN2O2. The molecule has 2 rings (SSSR count). The van der Waals surface area contributed by atoms with Gasteiger partial charge in [0.05, 0.1) is 0 Å². The Morgan fingerprint density at radius 2 is 1.68 bits per heavy atom. The Labute approximate surface area is 130 Å². The highest BCUT2D eigenvalue weighted by atomic mass is 19.1. The van der Waals surface area contributed by atoms with Crippen molar-refractivity contribution in [2.75, 3.05) is 26.2 Å². The van der Waals surface area contributed by atoms with Crippen LogP contribution < -0.4 is 0 Å². The number of hydrogen-bond acceptors (Lipinski definition) is 2. The first-order valence-electron chi connectivity index (χ1n) is 7.94. The quantitative estimate of drug-likeness (QED) is 0.858. The first kappa shape index (κ1) is 16.5. The van der Waals surface area contributed by atoms with Gasteiger partial charge in [-0.2, -0.15) is 0 Å². The van der Waals surface area contributed by atoms with Crippen molar-refractivity contribution in [2.24, 2.45) is 0 Å². The molecule has 22 heavy (non-hydrogen) atoms. The Hall–Kier alpha value is -1.91. The SMILES string of the molecule is CCCCC(=O)N1CCCN(C(=O)c2ccc(F)cc2)CC1. The van der Waals surface area contributed by atoms with Crippen LogP contribution >= 0.6 is 0 Å². The molecule has 0 saturated carbocycles. The normalized spacial score (nSPS) is 15.5. The number of rotatable bonds is 4. The van der Waals surface area contributed by atoms with Gasteiger partial charge in [-0.15, -0.1) is 0 Å². The molecule has 1 saturated heterocycles. The molecule has 1 aromatic rings. The number of carbonyl (C=O) groups excluding carboxylic acids is 2. The predicted octanol–water partition coefficient (Wildman–Crippen LogP) is 2.69. The number of carbonyl (C=O) groups is 2. The summed E-state index contributed by atoms with van der Waals surface area (Å²) in [6, 6.07) is 5.61. The molecular weight excluding hydrogens is 283 g/mol. The molecule has 0 N–H and O–H groups in total. The Balaban J connectivity index is 1.93. The van der Waals surface area contributed by atoms with Gasteiger partial charge in [0.1, 0.15) is 5.82 Å². The molecule has 1 aliphatic rings. The van der Waals surface area contributed by atoms with Crippen molar-refractivity contribution in [2.45, 2.75) is 32.6 Å². The first-order chi connectivity index (χ1) is 10.6. The van der Waals surface area contributed by atoms with Crippen LogP contribution in [-0.2, 0) is 4.79 Å². The summed E-state index contributed by atoms with van der Waals surface area (Å²) in [6.45, 7) is 4.52. The zero-order valence-electron chi connectivity index (χ0n) is 13.1. The lowest BCUT2D eigenvalue weighted by molar-refractivity contribution is -0.131. The van der Waals surface area contributed by atoms with Gasteiger partial charge < -0.3 is 9.80 Å². The fourth-order valence-electron chi connectivity index (χ4n) is 2.63. The fraction of sp³-hybridized carbons (Fsp3) is 0.529. The van der Waals surface area contributed by atoms with E-state index in [1.54, 1.807) is 4.90 Å². The lowest BCUT2D eigenvalue weighted by Crippen LogP contribution is -2.37. The van der Waals surface area contributed by atoms with Crippen LogP contribution in [0.25, 0.3) is 0 Å². The van der Waals surface area contributed by atoms with Gasteiger partial charge in [-0.3, -0.25) is 9.59 Å². The van der Waals surface area contributed by atoms with Gasteiger partial charge >= 0.3 is 0 Å². The molecule has 120 valence electrons. The summed E-state index contributed by atoms with van der Waals surface area (Å²) in [4.78, 5) is 28.1. The number of halogens is 1. The molecule has 0 atom stereocenters. The molecule has 1 heterocycles. The summed E-state index contributed by atoms with van der Waals surface area (Å²) in [6.07, 6.45) is 3.29. The molecule has 0 aliphatic carbocycles. The van der Waals surface area contributed by atoms with E-state index >= 15 is 0 Å². The first-order valence-corrected chi connectivity index (χ1v) is 7.94. The number of nitrogens with zero attached hydrogens (tertiary/aromatic N) is 2. The minimum absolute atomic E-state index is 0.0946. The van der Waals surface area contributed by atoms with Crippen LogP contribution in [0.1, 0.15) is 43.0 Å². The summed E-state index contributed by atoms with van der Waals surface area (Å²) in [5.74, 6) is -0.263. The maximum absolute atomic E-state index is 12.9. The van der Waals surface area contributed by atoms with E-state index in [4.69, 9.17) is 0 Å². The standard InChI is InChI=1S/C17H23FN2O2/c1-2-3-5-16(21)19-10-4-11-20(13-12-19)17(22)14-6-8-15(18)9-7-14/h6-9H,2-5,10-13H2,1H3. The Kier molecular flexibility index (Phi) is 5.92. The Morgan fingerprint density at radius 3 is 2.36 bits per heavy atom. The molecule has 0 radical (unpaired) electrons. The van der Waals surface area contributed by atoms with Crippen molar-refractivity contribution in [3.63, 3.8) is 0 Å². The van der Waals surface area contributed by atoms with Crippen LogP contribution in [0.4, 0.5) is 4.39 Å². The van der Waals surface area contributed by atoms with Gasteiger partial charge in [0.25, 0.3) is 5.91 Å². The van der Waals surface area contributed by atoms with E-state index in [0.29, 0.717) is 38.2 Å². The largest absolute Gasteiger partial charge is 0.341 e. The summed E-state index contributed by atoms with van der Waals surface area (Å²) in [5.41, 5.74) is 0.493. The molecule has 0 aromatic heterocycles. The molecule has 0 spiro atoms. The fourth-order valence-corrected chi connectivity index (χ4v) is 2.63. The minimum atomic E-state index is -0.347. The second kappa shape index (κ2) is 7.92. The minimum Gasteiger partial charge on any atom is -0.341 e. The Morgan fingerprint density at radius 1 is 1.05 bits per heavy atom. The van der Waals surface area contributed by atoms with E-state index in [9.17, 15) is 14.0 Å². The van der Waals surface area contributed by atoms with Crippen LogP contribution in [0.2, 0.25) is 0 Å². The molecule has 0 bridgehead atoms. The van der Waals surface area contributed by atoms with Gasteiger partial charge in [0.2, 0.25) is 5.91 Å². The van der Waals surface area contributed by atoms with E-state index in [-0.39, 0.29) is 17.6 Å². The maximum Gasteiger partial charge on any atom is 0.253 e. The number of amides is 2. The van der Waals surface area contributed by atoms with Crippen molar-refractivity contribution < 1.29 is 14.0 Å². The van der Waals surface area contributed by atoms with Crippen molar-refractivity contribution >= 4 is 11.8 Å². The van der Waals surface area contributed by atoms with E-state index in [1.807, 2.05) is 4.90 Å². The topological polar surface area (TPSA) is 40.6 Å². The van der Waals surface area contributed by atoms with Crippen LogP contribution in [0.3, 0.4) is 0 Å².